The first-order chi connectivity index (χ1) is 9.77. The Labute approximate surface area is 127 Å². The van der Waals surface area contributed by atoms with Crippen molar-refractivity contribution in [1.82, 2.24) is 0 Å². The molecule has 0 radical (unpaired) electrons. The molecule has 0 heterocycles. The van der Waals surface area contributed by atoms with Gasteiger partial charge in [-0.1, -0.05) is 17.7 Å². The fourth-order valence-electron chi connectivity index (χ4n) is 1.75. The highest BCUT2D eigenvalue weighted by molar-refractivity contribution is 7.89. The smallest absolute Gasteiger partial charge is 0.238 e. The van der Waals surface area contributed by atoms with Crippen molar-refractivity contribution in [3.05, 3.63) is 58.4 Å². The lowest BCUT2D eigenvalue weighted by Crippen LogP contribution is -2.12. The van der Waals surface area contributed by atoms with Crippen molar-refractivity contribution in [2.24, 2.45) is 5.14 Å². The Morgan fingerprint density at radius 3 is 2.52 bits per heavy atom. The van der Waals surface area contributed by atoms with Gasteiger partial charge in [-0.15, -0.1) is 0 Å². The number of nitrogens with two attached hydrogens (primary N) is 1. The zero-order valence-corrected chi connectivity index (χ0v) is 12.7. The van der Waals surface area contributed by atoms with E-state index in [1.54, 1.807) is 13.0 Å². The van der Waals surface area contributed by atoms with Crippen LogP contribution in [0.15, 0.2) is 41.3 Å². The number of halogens is 2. The Kier molecular flexibility index (Phi) is 4.51. The van der Waals surface area contributed by atoms with Gasteiger partial charge in [-0.3, -0.25) is 0 Å². The zero-order valence-electron chi connectivity index (χ0n) is 11.1. The highest BCUT2D eigenvalue weighted by Gasteiger charge is 2.10. The number of hydrogen-bond acceptors (Lipinski definition) is 3. The summed E-state index contributed by atoms with van der Waals surface area (Å²) in [5.41, 5.74) is 1.34. The van der Waals surface area contributed by atoms with Crippen LogP contribution in [0.4, 0.5) is 4.39 Å². The predicted molar refractivity (Wildman–Crippen MR) is 78.3 cm³/mol. The monoisotopic (exact) mass is 329 g/mol. The van der Waals surface area contributed by atoms with E-state index >= 15 is 0 Å². The maximum Gasteiger partial charge on any atom is 0.238 e. The highest BCUT2D eigenvalue weighted by Crippen LogP contribution is 2.23. The molecule has 2 rings (SSSR count). The molecule has 7 heteroatoms. The summed E-state index contributed by atoms with van der Waals surface area (Å²) in [6, 6.07) is 8.63. The molecule has 0 atom stereocenters. The average Bonchev–Trinajstić information content (AvgIpc) is 2.40. The maximum atomic E-state index is 13.0. The molecule has 112 valence electrons. The van der Waals surface area contributed by atoms with Crippen molar-refractivity contribution in [1.29, 1.82) is 0 Å². The summed E-state index contributed by atoms with van der Waals surface area (Å²) in [7, 11) is -3.73. The first-order valence-corrected chi connectivity index (χ1v) is 7.90. The minimum atomic E-state index is -3.73. The Morgan fingerprint density at radius 1 is 1.24 bits per heavy atom. The third kappa shape index (κ3) is 3.93. The van der Waals surface area contributed by atoms with Crippen molar-refractivity contribution in [2.45, 2.75) is 18.4 Å². The molecule has 0 aliphatic carbocycles. The molecule has 0 spiro atoms. The van der Waals surface area contributed by atoms with Crippen LogP contribution < -0.4 is 9.88 Å². The van der Waals surface area contributed by atoms with E-state index < -0.39 is 15.8 Å². The number of benzene rings is 2. The molecule has 2 N–H and O–H groups in total. The van der Waals surface area contributed by atoms with E-state index in [0.29, 0.717) is 16.9 Å². The standard InChI is InChI=1S/C14H13ClFNO3S/c1-9-6-11(21(17,18)19)3-5-14(9)20-8-10-2-4-13(16)12(15)7-10/h2-7H,8H2,1H3,(H2,17,18,19). The van der Waals surface area contributed by atoms with Gasteiger partial charge < -0.3 is 4.74 Å². The van der Waals surface area contributed by atoms with Gasteiger partial charge in [0.05, 0.1) is 9.92 Å². The summed E-state index contributed by atoms with van der Waals surface area (Å²) in [6.45, 7) is 1.90. The third-order valence-electron chi connectivity index (χ3n) is 2.85. The van der Waals surface area contributed by atoms with Gasteiger partial charge in [0.2, 0.25) is 10.0 Å². The summed E-state index contributed by atoms with van der Waals surface area (Å²) in [4.78, 5) is 0.0252. The van der Waals surface area contributed by atoms with Crippen molar-refractivity contribution < 1.29 is 17.5 Å². The van der Waals surface area contributed by atoms with Crippen molar-refractivity contribution in [3.8, 4) is 5.75 Å². The fraction of sp³-hybridized carbons (Fsp3) is 0.143. The van der Waals surface area contributed by atoms with Gasteiger partial charge in [-0.05, 0) is 48.4 Å². The summed E-state index contributed by atoms with van der Waals surface area (Å²) in [5, 5.41) is 5.08. The van der Waals surface area contributed by atoms with Crippen LogP contribution in [0, 0.1) is 12.7 Å². The quantitative estimate of drug-likeness (QED) is 0.937. The van der Waals surface area contributed by atoms with Crippen LogP contribution in [0.25, 0.3) is 0 Å². The zero-order chi connectivity index (χ0) is 15.6. The number of hydrogen-bond donors (Lipinski definition) is 1. The van der Waals surface area contributed by atoms with Gasteiger partial charge in [0.15, 0.2) is 0 Å². The average molecular weight is 330 g/mol. The number of rotatable bonds is 4. The van der Waals surface area contributed by atoms with Crippen LogP contribution in [0.5, 0.6) is 5.75 Å². The van der Waals surface area contributed by atoms with Crippen LogP contribution in [-0.2, 0) is 16.6 Å². The van der Waals surface area contributed by atoms with Crippen molar-refractivity contribution in [3.63, 3.8) is 0 Å². The van der Waals surface area contributed by atoms with Gasteiger partial charge in [-0.2, -0.15) is 0 Å². The lowest BCUT2D eigenvalue weighted by molar-refractivity contribution is 0.303. The summed E-state index contributed by atoms with van der Waals surface area (Å²) in [5.74, 6) is 0.0250. The number of aryl methyl sites for hydroxylation is 1. The summed E-state index contributed by atoms with van der Waals surface area (Å²) < 4.78 is 41.1. The molecular weight excluding hydrogens is 317 g/mol. The maximum absolute atomic E-state index is 13.0. The predicted octanol–water partition coefficient (Wildman–Crippen LogP) is 3.01. The van der Waals surface area contributed by atoms with Crippen LogP contribution in [0.2, 0.25) is 5.02 Å². The molecule has 0 unspecified atom stereocenters. The Morgan fingerprint density at radius 2 is 1.95 bits per heavy atom. The fourth-order valence-corrected chi connectivity index (χ4v) is 2.55. The van der Waals surface area contributed by atoms with Gasteiger partial charge in [0.1, 0.15) is 18.2 Å². The van der Waals surface area contributed by atoms with E-state index in [-0.39, 0.29) is 16.5 Å². The van der Waals surface area contributed by atoms with E-state index in [4.69, 9.17) is 21.5 Å². The van der Waals surface area contributed by atoms with E-state index in [2.05, 4.69) is 0 Å². The number of sulfonamides is 1. The van der Waals surface area contributed by atoms with Crippen LogP contribution in [0.1, 0.15) is 11.1 Å². The molecule has 0 saturated heterocycles. The first-order valence-electron chi connectivity index (χ1n) is 5.97. The highest BCUT2D eigenvalue weighted by atomic mass is 35.5. The Bertz CT molecular complexity index is 778. The van der Waals surface area contributed by atoms with Gasteiger partial charge in [0.25, 0.3) is 0 Å². The summed E-state index contributed by atoms with van der Waals surface area (Å²) >= 11 is 5.69. The number of primary sulfonamides is 1. The molecule has 2 aromatic carbocycles. The molecule has 0 fully saturated rings. The molecule has 0 aliphatic rings. The molecule has 4 nitrogen and oxygen atoms in total. The van der Waals surface area contributed by atoms with Gasteiger partial charge in [0, 0.05) is 0 Å². The SMILES string of the molecule is Cc1cc(S(N)(=O)=O)ccc1OCc1ccc(F)c(Cl)c1. The van der Waals surface area contributed by atoms with Crippen molar-refractivity contribution >= 4 is 21.6 Å². The minimum absolute atomic E-state index is 0.0252. The normalized spacial score (nSPS) is 11.4. The summed E-state index contributed by atoms with van der Waals surface area (Å²) in [6.07, 6.45) is 0. The molecule has 0 amide bonds. The first kappa shape index (κ1) is 15.8. The molecule has 2 aromatic rings. The van der Waals surface area contributed by atoms with E-state index in [9.17, 15) is 12.8 Å². The largest absolute Gasteiger partial charge is 0.489 e. The molecule has 0 bridgehead atoms. The minimum Gasteiger partial charge on any atom is -0.489 e. The van der Waals surface area contributed by atoms with E-state index in [1.165, 1.54) is 30.3 Å². The Hall–Kier alpha value is -1.63. The second-order valence-electron chi connectivity index (χ2n) is 4.51. The molecule has 0 saturated carbocycles. The lowest BCUT2D eigenvalue weighted by atomic mass is 10.2. The van der Waals surface area contributed by atoms with Crippen molar-refractivity contribution in [2.75, 3.05) is 0 Å². The topological polar surface area (TPSA) is 69.4 Å². The third-order valence-corrected chi connectivity index (χ3v) is 4.05. The Balaban J connectivity index is 2.15. The molecule has 21 heavy (non-hydrogen) atoms. The lowest BCUT2D eigenvalue weighted by Gasteiger charge is -2.10. The van der Waals surface area contributed by atoms with Crippen LogP contribution in [0.3, 0.4) is 0 Å². The second-order valence-corrected chi connectivity index (χ2v) is 6.48. The van der Waals surface area contributed by atoms with Gasteiger partial charge >= 0.3 is 0 Å². The van der Waals surface area contributed by atoms with Crippen LogP contribution >= 0.6 is 11.6 Å². The molecule has 0 aromatic heterocycles. The van der Waals surface area contributed by atoms with E-state index in [1.807, 2.05) is 0 Å². The van der Waals surface area contributed by atoms with E-state index in [0.717, 1.165) is 0 Å². The number of ether oxygens (including phenoxy) is 1. The second kappa shape index (κ2) is 6.01. The molecular formula is C14H13ClFNO3S. The molecule has 0 aliphatic heterocycles. The van der Waals surface area contributed by atoms with Crippen LogP contribution in [-0.4, -0.2) is 8.42 Å². The van der Waals surface area contributed by atoms with Gasteiger partial charge in [-0.25, -0.2) is 17.9 Å².